The highest BCUT2D eigenvalue weighted by Crippen LogP contribution is 2.50. The standard InChI is InChI=1S/C18H14F2N2O2/c19-10-5-6-14(20)11(7-10)13-8-16(23)21-9-18(13)12-3-1-2-4-15(12)22-17(18)24/h1-7,13H,8-9H2,(H,21,23)(H,22,24). The number of carbonyl (C=O) groups is 2. The average molecular weight is 328 g/mol. The molecule has 122 valence electrons. The van der Waals surface area contributed by atoms with Gasteiger partial charge in [-0.05, 0) is 35.4 Å². The van der Waals surface area contributed by atoms with Crippen LogP contribution in [0.2, 0.25) is 0 Å². The summed E-state index contributed by atoms with van der Waals surface area (Å²) in [5.74, 6) is -2.58. The Labute approximate surface area is 136 Å². The van der Waals surface area contributed by atoms with Crippen LogP contribution in [0.5, 0.6) is 0 Å². The number of fused-ring (bicyclic) bond motifs is 2. The van der Waals surface area contributed by atoms with Gasteiger partial charge in [0.05, 0.1) is 0 Å². The zero-order chi connectivity index (χ0) is 16.9. The van der Waals surface area contributed by atoms with Crippen LogP contribution in [-0.2, 0) is 15.0 Å². The number of piperidine rings is 1. The molecule has 1 saturated heterocycles. The summed E-state index contributed by atoms with van der Waals surface area (Å²) in [7, 11) is 0. The van der Waals surface area contributed by atoms with Crippen molar-refractivity contribution >= 4 is 17.5 Å². The second-order valence-electron chi connectivity index (χ2n) is 6.17. The first kappa shape index (κ1) is 14.8. The molecule has 2 atom stereocenters. The minimum absolute atomic E-state index is 0.0509. The van der Waals surface area contributed by atoms with Crippen molar-refractivity contribution in [2.75, 3.05) is 11.9 Å². The molecule has 2 aliphatic rings. The largest absolute Gasteiger partial charge is 0.355 e. The maximum Gasteiger partial charge on any atom is 0.237 e. The maximum atomic E-state index is 14.4. The number of anilines is 1. The fourth-order valence-electron chi connectivity index (χ4n) is 3.81. The van der Waals surface area contributed by atoms with Crippen molar-refractivity contribution in [3.63, 3.8) is 0 Å². The Morgan fingerprint density at radius 2 is 1.88 bits per heavy atom. The number of nitrogens with one attached hydrogen (secondary N) is 2. The summed E-state index contributed by atoms with van der Waals surface area (Å²) in [6.07, 6.45) is -0.0812. The van der Waals surface area contributed by atoms with Gasteiger partial charge in [-0.15, -0.1) is 0 Å². The molecule has 0 aromatic heterocycles. The smallest absolute Gasteiger partial charge is 0.237 e. The van der Waals surface area contributed by atoms with Gasteiger partial charge in [-0.1, -0.05) is 18.2 Å². The first-order chi connectivity index (χ1) is 11.5. The van der Waals surface area contributed by atoms with E-state index in [1.807, 2.05) is 0 Å². The predicted molar refractivity (Wildman–Crippen MR) is 83.5 cm³/mol. The number of halogens is 2. The molecule has 0 aliphatic carbocycles. The number of hydrogen-bond acceptors (Lipinski definition) is 2. The molecule has 0 radical (unpaired) electrons. The average Bonchev–Trinajstić information content (AvgIpc) is 2.85. The van der Waals surface area contributed by atoms with E-state index in [4.69, 9.17) is 0 Å². The third-order valence-electron chi connectivity index (χ3n) is 4.94. The molecule has 0 saturated carbocycles. The summed E-state index contributed by atoms with van der Waals surface area (Å²) in [5, 5.41) is 5.50. The molecule has 2 aliphatic heterocycles. The summed E-state index contributed by atoms with van der Waals surface area (Å²) >= 11 is 0. The van der Waals surface area contributed by atoms with Gasteiger partial charge in [0.25, 0.3) is 0 Å². The van der Waals surface area contributed by atoms with Gasteiger partial charge in [-0.3, -0.25) is 9.59 Å². The molecule has 4 rings (SSSR count). The lowest BCUT2D eigenvalue weighted by Gasteiger charge is -2.40. The summed E-state index contributed by atoms with van der Waals surface area (Å²) in [5.41, 5.74) is 0.250. The zero-order valence-corrected chi connectivity index (χ0v) is 12.6. The number of para-hydroxylation sites is 1. The summed E-state index contributed by atoms with van der Waals surface area (Å²) in [6, 6.07) is 10.3. The molecule has 4 nitrogen and oxygen atoms in total. The van der Waals surface area contributed by atoms with Crippen LogP contribution in [0.4, 0.5) is 14.5 Å². The molecule has 24 heavy (non-hydrogen) atoms. The summed E-state index contributed by atoms with van der Waals surface area (Å²) in [6.45, 7) is 0.0509. The van der Waals surface area contributed by atoms with Gasteiger partial charge in [-0.2, -0.15) is 0 Å². The fourth-order valence-corrected chi connectivity index (χ4v) is 3.81. The number of amides is 2. The lowest BCUT2D eigenvalue weighted by molar-refractivity contribution is -0.128. The Balaban J connectivity index is 1.94. The molecule has 2 heterocycles. The molecule has 1 fully saturated rings. The SMILES string of the molecule is O=C1CC(c2cc(F)ccc2F)C2(CN1)C(=O)Nc1ccccc12. The quantitative estimate of drug-likeness (QED) is 0.845. The van der Waals surface area contributed by atoms with E-state index in [0.29, 0.717) is 11.3 Å². The molecular weight excluding hydrogens is 314 g/mol. The van der Waals surface area contributed by atoms with Crippen molar-refractivity contribution < 1.29 is 18.4 Å². The Morgan fingerprint density at radius 1 is 1.08 bits per heavy atom. The van der Waals surface area contributed by atoms with Gasteiger partial charge in [-0.25, -0.2) is 8.78 Å². The van der Waals surface area contributed by atoms with Crippen molar-refractivity contribution in [1.82, 2.24) is 5.32 Å². The van der Waals surface area contributed by atoms with E-state index in [-0.39, 0.29) is 30.3 Å². The fraction of sp³-hybridized carbons (Fsp3) is 0.222. The molecule has 2 amide bonds. The van der Waals surface area contributed by atoms with Gasteiger partial charge < -0.3 is 10.6 Å². The normalized spacial score (nSPS) is 25.3. The first-order valence-electron chi connectivity index (χ1n) is 7.65. The van der Waals surface area contributed by atoms with Crippen LogP contribution in [0, 0.1) is 11.6 Å². The van der Waals surface area contributed by atoms with Gasteiger partial charge in [0.15, 0.2) is 0 Å². The molecular formula is C18H14F2N2O2. The van der Waals surface area contributed by atoms with Crippen LogP contribution in [0.15, 0.2) is 42.5 Å². The van der Waals surface area contributed by atoms with Crippen LogP contribution in [-0.4, -0.2) is 18.4 Å². The monoisotopic (exact) mass is 328 g/mol. The van der Waals surface area contributed by atoms with Crippen molar-refractivity contribution in [3.05, 3.63) is 65.2 Å². The van der Waals surface area contributed by atoms with Gasteiger partial charge in [0, 0.05) is 24.6 Å². The first-order valence-corrected chi connectivity index (χ1v) is 7.65. The van der Waals surface area contributed by atoms with E-state index in [0.717, 1.165) is 18.2 Å². The van der Waals surface area contributed by atoms with Gasteiger partial charge in [0.1, 0.15) is 17.0 Å². The number of benzene rings is 2. The highest BCUT2D eigenvalue weighted by Gasteiger charge is 2.55. The lowest BCUT2D eigenvalue weighted by Crippen LogP contribution is -2.55. The minimum Gasteiger partial charge on any atom is -0.355 e. The second-order valence-corrected chi connectivity index (χ2v) is 6.17. The number of carbonyl (C=O) groups excluding carboxylic acids is 2. The number of hydrogen-bond donors (Lipinski definition) is 2. The summed E-state index contributed by atoms with van der Waals surface area (Å²) in [4.78, 5) is 24.8. The van der Waals surface area contributed by atoms with E-state index < -0.39 is 23.0 Å². The predicted octanol–water partition coefficient (Wildman–Crippen LogP) is 2.46. The molecule has 1 spiro atoms. The molecule has 6 heteroatoms. The molecule has 2 aromatic carbocycles. The Morgan fingerprint density at radius 3 is 2.71 bits per heavy atom. The van der Waals surface area contributed by atoms with Crippen LogP contribution in [0.25, 0.3) is 0 Å². The van der Waals surface area contributed by atoms with E-state index in [9.17, 15) is 18.4 Å². The van der Waals surface area contributed by atoms with E-state index in [2.05, 4.69) is 10.6 Å². The number of rotatable bonds is 1. The van der Waals surface area contributed by atoms with Crippen molar-refractivity contribution in [2.24, 2.45) is 0 Å². The molecule has 2 N–H and O–H groups in total. The second kappa shape index (κ2) is 5.12. The Kier molecular flexibility index (Phi) is 3.16. The van der Waals surface area contributed by atoms with E-state index >= 15 is 0 Å². The molecule has 2 unspecified atom stereocenters. The lowest BCUT2D eigenvalue weighted by atomic mass is 9.65. The van der Waals surface area contributed by atoms with Crippen LogP contribution in [0.1, 0.15) is 23.5 Å². The van der Waals surface area contributed by atoms with E-state index in [1.54, 1.807) is 24.3 Å². The van der Waals surface area contributed by atoms with Gasteiger partial charge in [0.2, 0.25) is 11.8 Å². The van der Waals surface area contributed by atoms with Crippen LogP contribution >= 0.6 is 0 Å². The van der Waals surface area contributed by atoms with E-state index in [1.165, 1.54) is 0 Å². The highest BCUT2D eigenvalue weighted by molar-refractivity contribution is 6.08. The zero-order valence-electron chi connectivity index (χ0n) is 12.6. The van der Waals surface area contributed by atoms with Crippen molar-refractivity contribution in [2.45, 2.75) is 17.8 Å². The third-order valence-corrected chi connectivity index (χ3v) is 4.94. The molecule has 0 bridgehead atoms. The van der Waals surface area contributed by atoms with Gasteiger partial charge >= 0.3 is 0 Å². The molecule has 2 aromatic rings. The van der Waals surface area contributed by atoms with Crippen LogP contribution < -0.4 is 10.6 Å². The maximum absolute atomic E-state index is 14.4. The minimum atomic E-state index is -1.14. The Hall–Kier alpha value is -2.76. The topological polar surface area (TPSA) is 58.2 Å². The Bertz CT molecular complexity index is 868. The third kappa shape index (κ3) is 1.95. The summed E-state index contributed by atoms with van der Waals surface area (Å²) < 4.78 is 28.1. The van der Waals surface area contributed by atoms with Crippen molar-refractivity contribution in [3.8, 4) is 0 Å². The van der Waals surface area contributed by atoms with Crippen LogP contribution in [0.3, 0.4) is 0 Å². The van der Waals surface area contributed by atoms with Crippen molar-refractivity contribution in [1.29, 1.82) is 0 Å². The highest BCUT2D eigenvalue weighted by atomic mass is 19.1.